The number of carbonyl (C=O) groups excluding carboxylic acids is 5. The number of hydrogen-bond donors (Lipinski definition) is 8. The Morgan fingerprint density at radius 3 is 2.18 bits per heavy atom. The van der Waals surface area contributed by atoms with Gasteiger partial charge in [0.15, 0.2) is 6.10 Å². The first-order chi connectivity index (χ1) is 32.3. The zero-order valence-electron chi connectivity index (χ0n) is 35.6. The number of aliphatic carboxylic acids is 1. The maximum atomic E-state index is 13.7. The molecule has 2 aliphatic rings. The summed E-state index contributed by atoms with van der Waals surface area (Å²) >= 11 is 0. The third kappa shape index (κ3) is 10.6. The second-order valence-corrected chi connectivity index (χ2v) is 17.8. The summed E-state index contributed by atoms with van der Waals surface area (Å²) in [7, 11) is -4.22. The van der Waals surface area contributed by atoms with Crippen LogP contribution in [0.4, 0.5) is 14.5 Å². The van der Waals surface area contributed by atoms with Crippen LogP contribution in [-0.2, 0) is 58.1 Å². The van der Waals surface area contributed by atoms with E-state index >= 15 is 0 Å². The van der Waals surface area contributed by atoms with Crippen LogP contribution in [0.3, 0.4) is 0 Å². The maximum absolute atomic E-state index is 13.7. The van der Waals surface area contributed by atoms with Crippen molar-refractivity contribution in [1.82, 2.24) is 19.9 Å². The fourth-order valence-corrected chi connectivity index (χ4v) is 8.99. The zero-order valence-corrected chi connectivity index (χ0v) is 36.4. The molecule has 5 aromatic rings. The van der Waals surface area contributed by atoms with Crippen molar-refractivity contribution in [3.8, 4) is 0 Å². The first-order valence-corrected chi connectivity index (χ1v) is 22.3. The second kappa shape index (κ2) is 20.3. The number of nitrogens with two attached hydrogens (primary N) is 1. The number of nitrogens with zero attached hydrogens (tertiary/aromatic N) is 3. The molecule has 5 amide bonds. The number of carboxylic acid groups (broad SMARTS) is 1. The summed E-state index contributed by atoms with van der Waals surface area (Å²) in [5, 5.41) is 49.0. The van der Waals surface area contributed by atoms with Crippen LogP contribution in [0.15, 0.2) is 113 Å². The Kier molecular flexibility index (Phi) is 14.5. The number of aliphatic hydroxyl groups excluding tert-OH is 3. The van der Waals surface area contributed by atoms with Crippen molar-refractivity contribution < 1.29 is 75.7 Å². The van der Waals surface area contributed by atoms with Crippen LogP contribution in [0.2, 0.25) is 0 Å². The van der Waals surface area contributed by atoms with Gasteiger partial charge in [-0.1, -0.05) is 24.3 Å². The smallest absolute Gasteiger partial charge is 0.335 e. The molecule has 4 heterocycles. The summed E-state index contributed by atoms with van der Waals surface area (Å²) in [5.74, 6) is -6.89. The number of halogens is 2. The summed E-state index contributed by atoms with van der Waals surface area (Å²) in [4.78, 5) is 75.4. The fourth-order valence-electron chi connectivity index (χ4n) is 7.69. The summed E-state index contributed by atoms with van der Waals surface area (Å²) in [6, 6.07) is 14.3. The van der Waals surface area contributed by atoms with Crippen molar-refractivity contribution in [3.63, 3.8) is 0 Å². The van der Waals surface area contributed by atoms with Gasteiger partial charge < -0.3 is 46.8 Å². The highest BCUT2D eigenvalue weighted by Crippen LogP contribution is 2.28. The Hall–Kier alpha value is -7.28. The molecule has 68 heavy (non-hydrogen) atoms. The molecule has 7 rings (SSSR count). The Labute approximate surface area is 385 Å². The van der Waals surface area contributed by atoms with E-state index in [1.807, 2.05) is 4.57 Å². The van der Waals surface area contributed by atoms with E-state index in [4.69, 9.17) is 10.5 Å². The van der Waals surface area contributed by atoms with Crippen molar-refractivity contribution in [3.05, 3.63) is 137 Å². The van der Waals surface area contributed by atoms with E-state index in [1.54, 1.807) is 53.3 Å². The van der Waals surface area contributed by atoms with E-state index < -0.39 is 98.4 Å². The number of carboxylic acids is 1. The molecule has 3 aromatic carbocycles. The van der Waals surface area contributed by atoms with Crippen LogP contribution in [0.1, 0.15) is 33.5 Å². The number of imide groups is 1. The van der Waals surface area contributed by atoms with Gasteiger partial charge in [0.2, 0.25) is 21.7 Å². The van der Waals surface area contributed by atoms with Crippen molar-refractivity contribution >= 4 is 56.7 Å². The van der Waals surface area contributed by atoms with Gasteiger partial charge in [-0.2, -0.15) is 0 Å². The molecular formula is C45H44F2N7O13S+. The van der Waals surface area contributed by atoms with Crippen LogP contribution in [-0.4, -0.2) is 123 Å². The first-order valence-electron chi connectivity index (χ1n) is 20.8. The number of fused-ring (bicyclic) bond motifs is 1. The van der Waals surface area contributed by atoms with Gasteiger partial charge in [0, 0.05) is 62.4 Å². The van der Waals surface area contributed by atoms with Gasteiger partial charge >= 0.3 is 5.97 Å². The van der Waals surface area contributed by atoms with Crippen LogP contribution < -0.4 is 26.3 Å². The number of imidazole rings is 1. The van der Waals surface area contributed by atoms with Crippen LogP contribution in [0.25, 0.3) is 5.65 Å². The molecule has 0 aliphatic carbocycles. The molecule has 6 atom stereocenters. The van der Waals surface area contributed by atoms with Gasteiger partial charge in [0.1, 0.15) is 61.1 Å². The van der Waals surface area contributed by atoms with E-state index in [1.165, 1.54) is 24.3 Å². The number of benzene rings is 3. The lowest BCUT2D eigenvalue weighted by Crippen LogP contribution is -2.60. The molecule has 23 heteroatoms. The van der Waals surface area contributed by atoms with Crippen LogP contribution in [0.5, 0.6) is 0 Å². The van der Waals surface area contributed by atoms with E-state index in [2.05, 4.69) is 16.0 Å². The summed E-state index contributed by atoms with van der Waals surface area (Å²) in [6.07, 6.45) is -2.19. The number of aromatic nitrogens is 2. The highest BCUT2D eigenvalue weighted by Gasteiger charge is 2.47. The Bertz CT molecular complexity index is 2910. The van der Waals surface area contributed by atoms with Crippen molar-refractivity contribution in [2.45, 2.75) is 72.3 Å². The first kappa shape index (κ1) is 48.6. The van der Waals surface area contributed by atoms with Crippen molar-refractivity contribution in [1.29, 1.82) is 0 Å². The molecule has 20 nitrogen and oxygen atoms in total. The molecule has 356 valence electrons. The number of ether oxygens (including phenoxy) is 1. The van der Waals surface area contributed by atoms with Gasteiger partial charge in [-0.15, -0.1) is 0 Å². The zero-order chi connectivity index (χ0) is 49.0. The average molecular weight is 961 g/mol. The van der Waals surface area contributed by atoms with Gasteiger partial charge in [0.25, 0.3) is 23.4 Å². The molecule has 1 unspecified atom stereocenters. The highest BCUT2D eigenvalue weighted by atomic mass is 32.2. The minimum atomic E-state index is -4.22. The normalized spacial score (nSPS) is 19.8. The molecule has 0 spiro atoms. The van der Waals surface area contributed by atoms with Crippen LogP contribution in [0, 0.1) is 11.6 Å². The number of rotatable bonds is 17. The topological polar surface area (TPSA) is 300 Å². The maximum Gasteiger partial charge on any atom is 0.335 e. The molecule has 0 bridgehead atoms. The molecule has 2 aromatic heterocycles. The number of pyridine rings is 1. The van der Waals surface area contributed by atoms with E-state index in [9.17, 15) is 66.4 Å². The number of aliphatic hydroxyl groups is 3. The van der Waals surface area contributed by atoms with Crippen molar-refractivity contribution in [2.75, 3.05) is 18.4 Å². The highest BCUT2D eigenvalue weighted by molar-refractivity contribution is 7.91. The fraction of sp³-hybridized carbons (Fsp3) is 0.267. The third-order valence-corrected chi connectivity index (χ3v) is 13.0. The number of nitrogens with one attached hydrogen (secondary N) is 3. The Balaban J connectivity index is 1.03. The van der Waals surface area contributed by atoms with Gasteiger partial charge in [-0.25, -0.2) is 31.0 Å². The number of hydrogen-bond acceptors (Lipinski definition) is 13. The number of sulfone groups is 1. The molecule has 2 aliphatic heterocycles. The van der Waals surface area contributed by atoms with Gasteiger partial charge in [-0.3, -0.25) is 28.9 Å². The summed E-state index contributed by atoms with van der Waals surface area (Å²) < 4.78 is 62.2. The second-order valence-electron chi connectivity index (χ2n) is 15.9. The minimum Gasteiger partial charge on any atom is -0.479 e. The van der Waals surface area contributed by atoms with Crippen molar-refractivity contribution in [2.24, 2.45) is 5.73 Å². The minimum absolute atomic E-state index is 0.0191. The lowest BCUT2D eigenvalue weighted by atomic mass is 9.90. The molecule has 0 radical (unpaired) electrons. The predicted molar refractivity (Wildman–Crippen MR) is 231 cm³/mol. The molecule has 1 saturated heterocycles. The number of amides is 5. The monoisotopic (exact) mass is 960 g/mol. The van der Waals surface area contributed by atoms with E-state index in [0.29, 0.717) is 33.3 Å². The Morgan fingerprint density at radius 2 is 1.51 bits per heavy atom. The number of anilines is 1. The predicted octanol–water partition coefficient (Wildman–Crippen LogP) is -0.510. The quantitative estimate of drug-likeness (QED) is 0.0431. The van der Waals surface area contributed by atoms with Gasteiger partial charge in [-0.05, 0) is 53.1 Å². The van der Waals surface area contributed by atoms with Crippen LogP contribution >= 0.6 is 0 Å². The standard InChI is InChI=1S/C45H43F2N7O13S/c46-28-17-29(47)19-31(18-28)68(65,66)30-6-2-24(3-7-30)21-50-43(61)27-5-8-36-52(13-14-53(36)23-27)22-25-1-4-26(16-34-39(58)40(59)41(60)42(67-34)45(63)64)32(15-25)51-35(55)11-12-49-44(62)33(20-48)54-37(56)9-10-38(54)57/h1-10,13-15,17-19,23,33-34,39-42,58-60H,11-12,16,20-22,48H2,(H3-,49,50,51,55,61,62,63,64)/p+1/t33?,34-,39-,40+,41-,42-/m0/s1. The summed E-state index contributed by atoms with van der Waals surface area (Å²) in [6.45, 7) is -0.374. The third-order valence-electron chi connectivity index (χ3n) is 11.3. The molecule has 9 N–H and O–H groups in total. The lowest BCUT2D eigenvalue weighted by Gasteiger charge is -2.39. The SMILES string of the molecule is NCC(C(=O)NCCC(=O)Nc1cc(C[n+]2ccn3cc(C(=O)NCc4ccc(S(=O)(=O)c5cc(F)cc(F)c5)cc4)ccc32)ccc1C[C@@H]1O[C@H](C(=O)O)[C@@H](O)[C@H](O)[C@H]1O)N1C(=O)C=CC1=O. The lowest BCUT2D eigenvalue weighted by molar-refractivity contribution is -0.661. The van der Waals surface area contributed by atoms with E-state index in [-0.39, 0.29) is 55.2 Å². The van der Waals surface area contributed by atoms with Gasteiger partial charge in [0.05, 0.1) is 21.5 Å². The largest absolute Gasteiger partial charge is 0.479 e. The molecule has 0 saturated carbocycles. The molecular weight excluding hydrogens is 917 g/mol. The summed E-state index contributed by atoms with van der Waals surface area (Å²) in [5.41, 5.74) is 8.30. The number of carbonyl (C=O) groups is 6. The molecule has 1 fully saturated rings. The van der Waals surface area contributed by atoms with E-state index in [0.717, 1.165) is 24.3 Å². The average Bonchev–Trinajstić information content (AvgIpc) is 3.86. The Morgan fingerprint density at radius 1 is 0.838 bits per heavy atom.